The normalized spacial score (nSPS) is 25.3. The Morgan fingerprint density at radius 1 is 1.40 bits per heavy atom. The fourth-order valence-corrected chi connectivity index (χ4v) is 2.02. The number of hydrogen-bond donors (Lipinski definition) is 1. The highest BCUT2D eigenvalue weighted by Crippen LogP contribution is 2.25. The summed E-state index contributed by atoms with van der Waals surface area (Å²) in [6.07, 6.45) is 0.747. The van der Waals surface area contributed by atoms with Crippen LogP contribution < -0.4 is 5.32 Å². The minimum absolute atomic E-state index is 0.0444. The summed E-state index contributed by atoms with van der Waals surface area (Å²) in [5, 5.41) is 3.00. The van der Waals surface area contributed by atoms with Gasteiger partial charge in [0, 0.05) is 6.42 Å². The summed E-state index contributed by atoms with van der Waals surface area (Å²) in [5.41, 5.74) is 2.23. The minimum atomic E-state index is -0.328. The summed E-state index contributed by atoms with van der Waals surface area (Å²) in [6.45, 7) is 1.92. The average Bonchev–Trinajstić information content (AvgIpc) is 2.32. The lowest BCUT2D eigenvalue weighted by Gasteiger charge is -2.14. The third kappa shape index (κ3) is 1.88. The zero-order valence-corrected chi connectivity index (χ0v) is 8.99. The summed E-state index contributed by atoms with van der Waals surface area (Å²) in [5.74, 6) is -0.185. The lowest BCUT2D eigenvalue weighted by atomic mass is 9.98. The quantitative estimate of drug-likeness (QED) is 0.705. The molecule has 1 aliphatic rings. The van der Waals surface area contributed by atoms with Crippen LogP contribution in [0.2, 0.25) is 0 Å². The highest BCUT2D eigenvalue weighted by Gasteiger charge is 2.28. The van der Waals surface area contributed by atoms with Gasteiger partial charge in [0.05, 0.1) is 0 Å². The molecule has 1 aliphatic heterocycles. The van der Waals surface area contributed by atoms with Crippen LogP contribution in [0.5, 0.6) is 0 Å². The summed E-state index contributed by atoms with van der Waals surface area (Å²) in [6, 6.07) is 7.65. The van der Waals surface area contributed by atoms with Gasteiger partial charge < -0.3 is 10.1 Å². The maximum atomic E-state index is 11.7. The van der Waals surface area contributed by atoms with Crippen molar-refractivity contribution in [2.75, 3.05) is 7.05 Å². The van der Waals surface area contributed by atoms with Crippen molar-refractivity contribution in [3.05, 3.63) is 35.4 Å². The van der Waals surface area contributed by atoms with Gasteiger partial charge in [-0.3, -0.25) is 0 Å². The molecule has 0 fully saturated rings. The number of carbonyl (C=O) groups excluding carboxylic acids is 1. The number of ether oxygens (including phenoxy) is 1. The van der Waals surface area contributed by atoms with Crippen molar-refractivity contribution in [3.63, 3.8) is 0 Å². The first-order valence-electron chi connectivity index (χ1n) is 5.18. The van der Waals surface area contributed by atoms with Crippen LogP contribution in [0.3, 0.4) is 0 Å². The molecule has 80 valence electrons. The fraction of sp³-hybridized carbons (Fsp3) is 0.417. The summed E-state index contributed by atoms with van der Waals surface area (Å²) >= 11 is 0. The third-order valence-electron chi connectivity index (χ3n) is 2.72. The first kappa shape index (κ1) is 10.2. The van der Waals surface area contributed by atoms with Crippen LogP contribution in [0.25, 0.3) is 0 Å². The van der Waals surface area contributed by atoms with E-state index in [1.165, 1.54) is 5.56 Å². The van der Waals surface area contributed by atoms with E-state index in [1.807, 2.05) is 25.1 Å². The van der Waals surface area contributed by atoms with Crippen molar-refractivity contribution in [1.29, 1.82) is 0 Å². The van der Waals surface area contributed by atoms with Gasteiger partial charge in [0.15, 0.2) is 0 Å². The lowest BCUT2D eigenvalue weighted by Crippen LogP contribution is -2.27. The summed E-state index contributed by atoms with van der Waals surface area (Å²) in [4.78, 5) is 11.7. The Morgan fingerprint density at radius 3 is 2.87 bits per heavy atom. The largest absolute Gasteiger partial charge is 0.461 e. The first-order valence-corrected chi connectivity index (χ1v) is 5.18. The minimum Gasteiger partial charge on any atom is -0.461 e. The molecule has 1 aromatic carbocycles. The van der Waals surface area contributed by atoms with Crippen molar-refractivity contribution in [2.45, 2.75) is 25.5 Å². The molecule has 0 radical (unpaired) electrons. The highest BCUT2D eigenvalue weighted by molar-refractivity contribution is 5.79. The summed E-state index contributed by atoms with van der Waals surface area (Å²) in [7, 11) is 1.78. The van der Waals surface area contributed by atoms with Gasteiger partial charge in [-0.05, 0) is 25.1 Å². The van der Waals surface area contributed by atoms with Crippen LogP contribution in [0.15, 0.2) is 24.3 Å². The second kappa shape index (κ2) is 4.03. The van der Waals surface area contributed by atoms with E-state index in [2.05, 4.69) is 11.4 Å². The van der Waals surface area contributed by atoms with Crippen LogP contribution in [0.1, 0.15) is 24.1 Å². The van der Waals surface area contributed by atoms with Crippen molar-refractivity contribution < 1.29 is 9.53 Å². The molecule has 2 unspecified atom stereocenters. The van der Waals surface area contributed by atoms with Gasteiger partial charge in [-0.15, -0.1) is 0 Å². The second-order valence-electron chi connectivity index (χ2n) is 3.87. The molecule has 0 spiro atoms. The van der Waals surface area contributed by atoms with Gasteiger partial charge in [-0.1, -0.05) is 24.3 Å². The van der Waals surface area contributed by atoms with E-state index in [1.54, 1.807) is 7.05 Å². The molecule has 3 nitrogen and oxygen atoms in total. The Balaban J connectivity index is 2.46. The molecule has 1 heterocycles. The maximum absolute atomic E-state index is 11.7. The van der Waals surface area contributed by atoms with Crippen molar-refractivity contribution in [1.82, 2.24) is 5.32 Å². The van der Waals surface area contributed by atoms with Gasteiger partial charge in [-0.2, -0.15) is 0 Å². The van der Waals surface area contributed by atoms with Crippen molar-refractivity contribution in [3.8, 4) is 0 Å². The predicted molar refractivity (Wildman–Crippen MR) is 57.5 cm³/mol. The van der Waals surface area contributed by atoms with Gasteiger partial charge >= 0.3 is 5.97 Å². The molecule has 2 rings (SSSR count). The Labute approximate surface area is 89.4 Å². The molecule has 15 heavy (non-hydrogen) atoms. The van der Waals surface area contributed by atoms with E-state index in [4.69, 9.17) is 4.74 Å². The Bertz CT molecular complexity index is 376. The van der Waals surface area contributed by atoms with Crippen LogP contribution >= 0.6 is 0 Å². The highest BCUT2D eigenvalue weighted by atomic mass is 16.5. The molecular weight excluding hydrogens is 190 g/mol. The monoisotopic (exact) mass is 205 g/mol. The van der Waals surface area contributed by atoms with E-state index in [9.17, 15) is 4.79 Å². The van der Waals surface area contributed by atoms with Gasteiger partial charge in [0.1, 0.15) is 12.1 Å². The topological polar surface area (TPSA) is 38.3 Å². The van der Waals surface area contributed by atoms with E-state index in [0.717, 1.165) is 12.0 Å². The molecule has 0 saturated carbocycles. The van der Waals surface area contributed by atoms with Gasteiger partial charge in [-0.25, -0.2) is 4.79 Å². The number of fused-ring (bicyclic) bond motifs is 1. The van der Waals surface area contributed by atoms with Crippen LogP contribution in [0.4, 0.5) is 0 Å². The molecule has 0 aromatic heterocycles. The molecule has 1 aromatic rings. The molecule has 1 N–H and O–H groups in total. The Morgan fingerprint density at radius 2 is 2.13 bits per heavy atom. The molecule has 0 amide bonds. The second-order valence-corrected chi connectivity index (χ2v) is 3.87. The average molecular weight is 205 g/mol. The third-order valence-corrected chi connectivity index (χ3v) is 2.72. The number of esters is 1. The Kier molecular flexibility index (Phi) is 2.73. The number of benzene rings is 1. The number of rotatable bonds is 1. The molecule has 0 saturated heterocycles. The van der Waals surface area contributed by atoms with E-state index < -0.39 is 0 Å². The first-order chi connectivity index (χ1) is 7.22. The molecule has 3 heteroatoms. The van der Waals surface area contributed by atoms with Crippen molar-refractivity contribution in [2.24, 2.45) is 0 Å². The number of hydrogen-bond acceptors (Lipinski definition) is 3. The lowest BCUT2D eigenvalue weighted by molar-refractivity contribution is -0.150. The SMILES string of the molecule is CNC1C(=O)OC(C)Cc2ccccc21. The zero-order valence-electron chi connectivity index (χ0n) is 8.99. The van der Waals surface area contributed by atoms with Crippen LogP contribution in [0, 0.1) is 0 Å². The molecule has 2 atom stereocenters. The van der Waals surface area contributed by atoms with E-state index in [-0.39, 0.29) is 18.1 Å². The number of nitrogens with one attached hydrogen (secondary N) is 1. The number of carbonyl (C=O) groups is 1. The van der Waals surface area contributed by atoms with Gasteiger partial charge in [0.25, 0.3) is 0 Å². The standard InChI is InChI=1S/C12H15NO2/c1-8-7-9-5-3-4-6-10(9)11(13-2)12(14)15-8/h3-6,8,11,13H,7H2,1-2H3. The number of cyclic esters (lactones) is 1. The fourth-order valence-electron chi connectivity index (χ4n) is 2.02. The predicted octanol–water partition coefficient (Wildman–Crippen LogP) is 1.43. The van der Waals surface area contributed by atoms with E-state index >= 15 is 0 Å². The number of likely N-dealkylation sites (N-methyl/N-ethyl adjacent to an activating group) is 1. The molecule has 0 bridgehead atoms. The Hall–Kier alpha value is -1.35. The molecule has 0 aliphatic carbocycles. The summed E-state index contributed by atoms with van der Waals surface area (Å²) < 4.78 is 5.30. The van der Waals surface area contributed by atoms with E-state index in [0.29, 0.717) is 0 Å². The molecular formula is C12H15NO2. The van der Waals surface area contributed by atoms with Crippen LogP contribution in [-0.4, -0.2) is 19.1 Å². The van der Waals surface area contributed by atoms with Gasteiger partial charge in [0.2, 0.25) is 0 Å². The van der Waals surface area contributed by atoms with Crippen molar-refractivity contribution >= 4 is 5.97 Å². The maximum Gasteiger partial charge on any atom is 0.328 e. The smallest absolute Gasteiger partial charge is 0.328 e. The zero-order chi connectivity index (χ0) is 10.8. The van der Waals surface area contributed by atoms with Crippen LogP contribution in [-0.2, 0) is 16.0 Å².